The van der Waals surface area contributed by atoms with Gasteiger partial charge in [-0.25, -0.2) is 0 Å². The Morgan fingerprint density at radius 1 is 0.880 bits per heavy atom. The molecule has 0 aliphatic carbocycles. The molecule has 0 aliphatic heterocycles. The Bertz CT molecular complexity index is 718. The van der Waals surface area contributed by atoms with E-state index in [0.717, 1.165) is 12.8 Å². The molecule has 0 atom stereocenters. The first-order valence-electron chi connectivity index (χ1n) is 8.60. The molecule has 4 nitrogen and oxygen atoms in total. The molecule has 2 aromatic rings. The number of rotatable bonds is 6. The Morgan fingerprint density at radius 3 is 2.16 bits per heavy atom. The minimum Gasteiger partial charge on any atom is -0.352 e. The summed E-state index contributed by atoms with van der Waals surface area (Å²) in [6, 6.07) is 17.0. The van der Waals surface area contributed by atoms with Crippen LogP contribution in [0.4, 0.5) is 0 Å². The van der Waals surface area contributed by atoms with Gasteiger partial charge in [0.25, 0.3) is 11.8 Å². The first-order valence-corrected chi connectivity index (χ1v) is 8.60. The fourth-order valence-electron chi connectivity index (χ4n) is 2.46. The molecular formula is C21H26N2O2. The molecule has 0 aromatic heterocycles. The number of benzene rings is 2. The number of hydrogen-bond donors (Lipinski definition) is 2. The molecule has 0 heterocycles. The van der Waals surface area contributed by atoms with Gasteiger partial charge in [-0.3, -0.25) is 9.59 Å². The molecular weight excluding hydrogens is 312 g/mol. The molecule has 0 fully saturated rings. The summed E-state index contributed by atoms with van der Waals surface area (Å²) >= 11 is 0. The molecule has 2 rings (SSSR count). The second-order valence-electron chi connectivity index (χ2n) is 7.13. The summed E-state index contributed by atoms with van der Waals surface area (Å²) in [7, 11) is 0. The summed E-state index contributed by atoms with van der Waals surface area (Å²) in [4.78, 5) is 24.5. The number of carbonyl (C=O) groups excluding carboxylic acids is 2. The van der Waals surface area contributed by atoms with Crippen LogP contribution in [0.3, 0.4) is 0 Å². The fraction of sp³-hybridized carbons (Fsp3) is 0.333. The van der Waals surface area contributed by atoms with Gasteiger partial charge in [0.1, 0.15) is 0 Å². The van der Waals surface area contributed by atoms with Gasteiger partial charge >= 0.3 is 0 Å². The molecule has 25 heavy (non-hydrogen) atoms. The lowest BCUT2D eigenvalue weighted by molar-refractivity contribution is 0.0919. The Labute approximate surface area is 149 Å². The van der Waals surface area contributed by atoms with E-state index in [1.807, 2.05) is 39.0 Å². The fourth-order valence-corrected chi connectivity index (χ4v) is 2.46. The zero-order valence-electron chi connectivity index (χ0n) is 15.1. The standard InChI is InChI=1S/C21H26N2O2/c1-21(2,3)23-20(25)18-13-7-12-17(15-18)19(24)22-14-8-11-16-9-5-4-6-10-16/h4-7,9-10,12-13,15H,8,11,14H2,1-3H3,(H,22,24)(H,23,25). The molecule has 0 bridgehead atoms. The zero-order valence-corrected chi connectivity index (χ0v) is 15.1. The molecule has 2 N–H and O–H groups in total. The van der Waals surface area contributed by atoms with E-state index in [0.29, 0.717) is 17.7 Å². The Morgan fingerprint density at radius 2 is 1.52 bits per heavy atom. The predicted molar refractivity (Wildman–Crippen MR) is 101 cm³/mol. The van der Waals surface area contributed by atoms with Crippen LogP contribution in [0.2, 0.25) is 0 Å². The van der Waals surface area contributed by atoms with E-state index in [4.69, 9.17) is 0 Å². The maximum Gasteiger partial charge on any atom is 0.251 e. The van der Waals surface area contributed by atoms with Crippen molar-refractivity contribution in [3.8, 4) is 0 Å². The van der Waals surface area contributed by atoms with Crippen molar-refractivity contribution in [3.63, 3.8) is 0 Å². The predicted octanol–water partition coefficient (Wildman–Crippen LogP) is 3.58. The highest BCUT2D eigenvalue weighted by atomic mass is 16.2. The van der Waals surface area contributed by atoms with Crippen LogP contribution in [0.15, 0.2) is 54.6 Å². The number of aryl methyl sites for hydroxylation is 1. The number of carbonyl (C=O) groups is 2. The van der Waals surface area contributed by atoms with Crippen molar-refractivity contribution in [2.75, 3.05) is 6.54 Å². The minimum absolute atomic E-state index is 0.154. The van der Waals surface area contributed by atoms with Crippen LogP contribution < -0.4 is 10.6 Å². The highest BCUT2D eigenvalue weighted by Crippen LogP contribution is 2.08. The van der Waals surface area contributed by atoms with Crippen molar-refractivity contribution in [3.05, 3.63) is 71.3 Å². The zero-order chi connectivity index (χ0) is 18.3. The van der Waals surface area contributed by atoms with Crippen molar-refractivity contribution in [1.82, 2.24) is 10.6 Å². The molecule has 0 unspecified atom stereocenters. The highest BCUT2D eigenvalue weighted by molar-refractivity contribution is 5.99. The highest BCUT2D eigenvalue weighted by Gasteiger charge is 2.16. The average molecular weight is 338 g/mol. The van der Waals surface area contributed by atoms with Gasteiger partial charge in [-0.15, -0.1) is 0 Å². The summed E-state index contributed by atoms with van der Waals surface area (Å²) in [5.41, 5.74) is 1.94. The smallest absolute Gasteiger partial charge is 0.251 e. The van der Waals surface area contributed by atoms with Crippen molar-refractivity contribution < 1.29 is 9.59 Å². The van der Waals surface area contributed by atoms with Gasteiger partial charge in [-0.1, -0.05) is 36.4 Å². The van der Waals surface area contributed by atoms with Crippen molar-refractivity contribution in [2.45, 2.75) is 39.2 Å². The molecule has 0 radical (unpaired) electrons. The van der Waals surface area contributed by atoms with E-state index in [2.05, 4.69) is 22.8 Å². The van der Waals surface area contributed by atoms with Gasteiger partial charge in [-0.2, -0.15) is 0 Å². The molecule has 0 saturated carbocycles. The van der Waals surface area contributed by atoms with Crippen molar-refractivity contribution in [1.29, 1.82) is 0 Å². The van der Waals surface area contributed by atoms with Crippen LogP contribution in [-0.2, 0) is 6.42 Å². The summed E-state index contributed by atoms with van der Waals surface area (Å²) in [5.74, 6) is -0.329. The third kappa shape index (κ3) is 6.42. The molecule has 0 saturated heterocycles. The Balaban J connectivity index is 1.87. The van der Waals surface area contributed by atoms with Gasteiger partial charge in [0.15, 0.2) is 0 Å². The van der Waals surface area contributed by atoms with Gasteiger partial charge in [0, 0.05) is 23.2 Å². The van der Waals surface area contributed by atoms with Gasteiger partial charge in [0.05, 0.1) is 0 Å². The van der Waals surface area contributed by atoms with E-state index in [1.165, 1.54) is 5.56 Å². The first-order chi connectivity index (χ1) is 11.8. The third-order valence-electron chi connectivity index (χ3n) is 3.65. The second-order valence-corrected chi connectivity index (χ2v) is 7.13. The molecule has 4 heteroatoms. The molecule has 0 aliphatic rings. The summed E-state index contributed by atoms with van der Waals surface area (Å²) in [5, 5.41) is 5.81. The van der Waals surface area contributed by atoms with Crippen LogP contribution in [0.5, 0.6) is 0 Å². The molecule has 0 spiro atoms. The summed E-state index contributed by atoms with van der Waals surface area (Å²) in [6.07, 6.45) is 1.80. The van der Waals surface area contributed by atoms with Gasteiger partial charge in [-0.05, 0) is 57.4 Å². The SMILES string of the molecule is CC(C)(C)NC(=O)c1cccc(C(=O)NCCCc2ccccc2)c1. The van der Waals surface area contributed by atoms with E-state index in [9.17, 15) is 9.59 Å². The lowest BCUT2D eigenvalue weighted by atomic mass is 10.1. The van der Waals surface area contributed by atoms with Crippen LogP contribution in [0.1, 0.15) is 53.5 Å². The second kappa shape index (κ2) is 8.47. The third-order valence-corrected chi connectivity index (χ3v) is 3.65. The van der Waals surface area contributed by atoms with E-state index in [1.54, 1.807) is 24.3 Å². The minimum atomic E-state index is -0.313. The summed E-state index contributed by atoms with van der Waals surface area (Å²) in [6.45, 7) is 6.38. The first kappa shape index (κ1) is 18.7. The average Bonchev–Trinajstić information content (AvgIpc) is 2.58. The van der Waals surface area contributed by atoms with Crippen LogP contribution in [-0.4, -0.2) is 23.9 Å². The lowest BCUT2D eigenvalue weighted by Crippen LogP contribution is -2.40. The lowest BCUT2D eigenvalue weighted by Gasteiger charge is -2.20. The quantitative estimate of drug-likeness (QED) is 0.791. The largest absolute Gasteiger partial charge is 0.352 e. The Kier molecular flexibility index (Phi) is 6.34. The molecule has 2 amide bonds. The summed E-state index contributed by atoms with van der Waals surface area (Å²) < 4.78 is 0. The van der Waals surface area contributed by atoms with E-state index >= 15 is 0 Å². The van der Waals surface area contributed by atoms with Crippen LogP contribution in [0.25, 0.3) is 0 Å². The van der Waals surface area contributed by atoms with E-state index in [-0.39, 0.29) is 17.4 Å². The monoisotopic (exact) mass is 338 g/mol. The topological polar surface area (TPSA) is 58.2 Å². The Hall–Kier alpha value is -2.62. The maximum atomic E-state index is 12.3. The van der Waals surface area contributed by atoms with Crippen LogP contribution >= 0.6 is 0 Å². The number of hydrogen-bond acceptors (Lipinski definition) is 2. The number of nitrogens with one attached hydrogen (secondary N) is 2. The van der Waals surface area contributed by atoms with Gasteiger partial charge < -0.3 is 10.6 Å². The van der Waals surface area contributed by atoms with Crippen LogP contribution in [0, 0.1) is 0 Å². The molecule has 132 valence electrons. The normalized spacial score (nSPS) is 11.0. The van der Waals surface area contributed by atoms with Gasteiger partial charge in [0.2, 0.25) is 0 Å². The van der Waals surface area contributed by atoms with E-state index < -0.39 is 0 Å². The van der Waals surface area contributed by atoms with Crippen molar-refractivity contribution in [2.24, 2.45) is 0 Å². The number of amides is 2. The van der Waals surface area contributed by atoms with Crippen molar-refractivity contribution >= 4 is 11.8 Å². The molecule has 2 aromatic carbocycles. The maximum absolute atomic E-state index is 12.3.